The van der Waals surface area contributed by atoms with Crippen molar-refractivity contribution < 1.29 is 0 Å². The van der Waals surface area contributed by atoms with Crippen LogP contribution in [0, 0.1) is 3.57 Å². The van der Waals surface area contributed by atoms with Crippen LogP contribution < -0.4 is 5.32 Å². The van der Waals surface area contributed by atoms with Crippen molar-refractivity contribution in [1.82, 2.24) is 14.9 Å². The Morgan fingerprint density at radius 2 is 2.11 bits per heavy atom. The number of benzene rings is 1. The zero-order valence-corrected chi connectivity index (χ0v) is 13.2. The standard InChI is InChI=1S/C15H18IN3/c1-15(5-7-17-8-6-15)14-10-18-11-19(14)13-4-2-3-12(16)9-13/h2-4,9-11,17H,5-8H2,1H3. The van der Waals surface area contributed by atoms with Crippen LogP contribution in [0.1, 0.15) is 25.5 Å². The van der Waals surface area contributed by atoms with Crippen LogP contribution in [-0.4, -0.2) is 22.6 Å². The summed E-state index contributed by atoms with van der Waals surface area (Å²) in [5.41, 5.74) is 2.76. The third-order valence-electron chi connectivity index (χ3n) is 4.05. The van der Waals surface area contributed by atoms with E-state index in [1.807, 2.05) is 12.5 Å². The number of halogens is 1. The minimum atomic E-state index is 0.225. The van der Waals surface area contributed by atoms with Crippen LogP contribution in [0.15, 0.2) is 36.8 Å². The second kappa shape index (κ2) is 5.25. The van der Waals surface area contributed by atoms with Gasteiger partial charge in [0, 0.05) is 26.6 Å². The molecular formula is C15H18IN3. The van der Waals surface area contributed by atoms with Crippen LogP contribution >= 0.6 is 22.6 Å². The molecule has 2 aromatic rings. The first-order valence-corrected chi connectivity index (χ1v) is 7.76. The van der Waals surface area contributed by atoms with Crippen molar-refractivity contribution in [3.05, 3.63) is 46.1 Å². The Morgan fingerprint density at radius 1 is 1.32 bits per heavy atom. The van der Waals surface area contributed by atoms with Gasteiger partial charge in [-0.2, -0.15) is 0 Å². The molecule has 1 N–H and O–H groups in total. The number of nitrogens with one attached hydrogen (secondary N) is 1. The van der Waals surface area contributed by atoms with Gasteiger partial charge in [0.15, 0.2) is 0 Å². The molecule has 0 amide bonds. The van der Waals surface area contributed by atoms with E-state index in [0.29, 0.717) is 0 Å². The molecular weight excluding hydrogens is 349 g/mol. The molecule has 1 aromatic carbocycles. The zero-order chi connectivity index (χ0) is 13.3. The van der Waals surface area contributed by atoms with E-state index in [1.54, 1.807) is 0 Å². The van der Waals surface area contributed by atoms with E-state index in [9.17, 15) is 0 Å². The molecule has 1 aliphatic heterocycles. The van der Waals surface area contributed by atoms with E-state index >= 15 is 0 Å². The molecule has 2 heterocycles. The highest BCUT2D eigenvalue weighted by molar-refractivity contribution is 14.1. The molecule has 0 radical (unpaired) electrons. The van der Waals surface area contributed by atoms with Crippen LogP contribution in [0.2, 0.25) is 0 Å². The van der Waals surface area contributed by atoms with Crippen LogP contribution in [0.25, 0.3) is 5.69 Å². The Balaban J connectivity index is 2.03. The highest BCUT2D eigenvalue weighted by atomic mass is 127. The maximum atomic E-state index is 4.39. The Kier molecular flexibility index (Phi) is 3.62. The van der Waals surface area contributed by atoms with Crippen molar-refractivity contribution in [2.24, 2.45) is 0 Å². The van der Waals surface area contributed by atoms with Gasteiger partial charge in [-0.1, -0.05) is 13.0 Å². The first-order chi connectivity index (χ1) is 9.19. The van der Waals surface area contributed by atoms with Crippen molar-refractivity contribution in [1.29, 1.82) is 0 Å². The number of piperidine rings is 1. The van der Waals surface area contributed by atoms with Crippen molar-refractivity contribution in [2.75, 3.05) is 13.1 Å². The molecule has 1 aliphatic rings. The van der Waals surface area contributed by atoms with Crippen LogP contribution in [0.4, 0.5) is 0 Å². The fourth-order valence-electron chi connectivity index (χ4n) is 2.81. The topological polar surface area (TPSA) is 29.9 Å². The molecule has 0 saturated carbocycles. The minimum absolute atomic E-state index is 0.225. The van der Waals surface area contributed by atoms with E-state index in [0.717, 1.165) is 13.1 Å². The molecule has 0 spiro atoms. The lowest BCUT2D eigenvalue weighted by Crippen LogP contribution is -2.38. The second-order valence-corrected chi connectivity index (χ2v) is 6.69. The lowest BCUT2D eigenvalue weighted by Gasteiger charge is -2.34. The fourth-order valence-corrected chi connectivity index (χ4v) is 3.33. The minimum Gasteiger partial charge on any atom is -0.317 e. The first kappa shape index (κ1) is 13.1. The molecule has 0 atom stereocenters. The van der Waals surface area contributed by atoms with Gasteiger partial charge < -0.3 is 9.88 Å². The SMILES string of the molecule is CC1(c2cncn2-c2cccc(I)c2)CCNCC1. The molecule has 0 bridgehead atoms. The average molecular weight is 367 g/mol. The van der Waals surface area contributed by atoms with Gasteiger partial charge in [0.25, 0.3) is 0 Å². The van der Waals surface area contributed by atoms with Crippen molar-refractivity contribution >= 4 is 22.6 Å². The summed E-state index contributed by atoms with van der Waals surface area (Å²) in [4.78, 5) is 4.39. The molecule has 1 aromatic heterocycles. The molecule has 0 unspecified atom stereocenters. The number of aromatic nitrogens is 2. The third-order valence-corrected chi connectivity index (χ3v) is 4.72. The number of hydrogen-bond acceptors (Lipinski definition) is 2. The maximum Gasteiger partial charge on any atom is 0.0994 e. The lowest BCUT2D eigenvalue weighted by molar-refractivity contribution is 0.324. The molecule has 19 heavy (non-hydrogen) atoms. The lowest BCUT2D eigenvalue weighted by atomic mass is 9.78. The fraction of sp³-hybridized carbons (Fsp3) is 0.400. The maximum absolute atomic E-state index is 4.39. The Morgan fingerprint density at radius 3 is 2.84 bits per heavy atom. The highest BCUT2D eigenvalue weighted by Gasteiger charge is 2.31. The molecule has 1 fully saturated rings. The summed E-state index contributed by atoms with van der Waals surface area (Å²) in [7, 11) is 0. The van der Waals surface area contributed by atoms with Crippen LogP contribution in [0.5, 0.6) is 0 Å². The summed E-state index contributed by atoms with van der Waals surface area (Å²) in [6.07, 6.45) is 6.31. The van der Waals surface area contributed by atoms with E-state index in [2.05, 4.69) is 68.6 Å². The average Bonchev–Trinajstić information content (AvgIpc) is 2.89. The second-order valence-electron chi connectivity index (χ2n) is 5.44. The monoisotopic (exact) mass is 367 g/mol. The molecule has 1 saturated heterocycles. The van der Waals surface area contributed by atoms with Gasteiger partial charge in [0.1, 0.15) is 0 Å². The molecule has 3 nitrogen and oxygen atoms in total. The van der Waals surface area contributed by atoms with Gasteiger partial charge in [-0.3, -0.25) is 0 Å². The van der Waals surface area contributed by atoms with Gasteiger partial charge >= 0.3 is 0 Å². The Bertz CT molecular complexity index is 570. The molecule has 3 rings (SSSR count). The largest absolute Gasteiger partial charge is 0.317 e. The zero-order valence-electron chi connectivity index (χ0n) is 11.1. The van der Waals surface area contributed by atoms with Gasteiger partial charge in [-0.05, 0) is 66.7 Å². The van der Waals surface area contributed by atoms with Gasteiger partial charge in [0.05, 0.1) is 6.33 Å². The summed E-state index contributed by atoms with van der Waals surface area (Å²) >= 11 is 2.36. The van der Waals surface area contributed by atoms with Crippen molar-refractivity contribution in [3.8, 4) is 5.69 Å². The Hall–Kier alpha value is -0.880. The highest BCUT2D eigenvalue weighted by Crippen LogP contribution is 2.34. The van der Waals surface area contributed by atoms with Crippen LogP contribution in [0.3, 0.4) is 0 Å². The van der Waals surface area contributed by atoms with E-state index < -0.39 is 0 Å². The number of hydrogen-bond donors (Lipinski definition) is 1. The quantitative estimate of drug-likeness (QED) is 0.827. The first-order valence-electron chi connectivity index (χ1n) is 6.69. The summed E-state index contributed by atoms with van der Waals surface area (Å²) in [6, 6.07) is 8.58. The Labute approximate surface area is 127 Å². The van der Waals surface area contributed by atoms with Gasteiger partial charge in [0.2, 0.25) is 0 Å². The number of rotatable bonds is 2. The predicted octanol–water partition coefficient (Wildman–Crippen LogP) is 3.12. The molecule has 100 valence electrons. The predicted molar refractivity (Wildman–Crippen MR) is 85.7 cm³/mol. The van der Waals surface area contributed by atoms with Gasteiger partial charge in [-0.25, -0.2) is 4.98 Å². The summed E-state index contributed by atoms with van der Waals surface area (Å²) in [6.45, 7) is 4.54. The van der Waals surface area contributed by atoms with Crippen molar-refractivity contribution in [3.63, 3.8) is 0 Å². The molecule has 4 heteroatoms. The molecule has 0 aliphatic carbocycles. The normalized spacial score (nSPS) is 18.4. The summed E-state index contributed by atoms with van der Waals surface area (Å²) in [5, 5.41) is 3.44. The third kappa shape index (κ3) is 2.56. The number of nitrogens with zero attached hydrogens (tertiary/aromatic N) is 2. The summed E-state index contributed by atoms with van der Waals surface area (Å²) in [5.74, 6) is 0. The van der Waals surface area contributed by atoms with E-state index in [1.165, 1.54) is 27.8 Å². The van der Waals surface area contributed by atoms with Gasteiger partial charge in [-0.15, -0.1) is 0 Å². The van der Waals surface area contributed by atoms with Crippen LogP contribution in [-0.2, 0) is 5.41 Å². The number of imidazole rings is 1. The summed E-state index contributed by atoms with van der Waals surface area (Å²) < 4.78 is 3.50. The van der Waals surface area contributed by atoms with Crippen molar-refractivity contribution in [2.45, 2.75) is 25.2 Å². The smallest absolute Gasteiger partial charge is 0.0994 e. The van der Waals surface area contributed by atoms with E-state index in [4.69, 9.17) is 0 Å². The van der Waals surface area contributed by atoms with E-state index in [-0.39, 0.29) is 5.41 Å².